The molecule has 0 bridgehead atoms. The smallest absolute Gasteiger partial charge is 0.00672 e. The van der Waals surface area contributed by atoms with Crippen LogP contribution in [0.25, 0.3) is 0 Å². The standard InChI is InChI=1S/C18H33N/c1-15(2)17-9-6-10-18(12-11-17)19-14-13-16-7-4-3-5-8-16/h7,15,17-19H,3-6,8-14H2,1-2H3. The van der Waals surface area contributed by atoms with Gasteiger partial charge in [0.2, 0.25) is 0 Å². The number of allylic oxidation sites excluding steroid dienone is 1. The van der Waals surface area contributed by atoms with Crippen LogP contribution in [-0.4, -0.2) is 12.6 Å². The fourth-order valence-corrected chi connectivity index (χ4v) is 3.77. The van der Waals surface area contributed by atoms with Gasteiger partial charge in [0, 0.05) is 6.04 Å². The van der Waals surface area contributed by atoms with Gasteiger partial charge in [-0.3, -0.25) is 0 Å². The van der Waals surface area contributed by atoms with Gasteiger partial charge in [-0.25, -0.2) is 0 Å². The Morgan fingerprint density at radius 3 is 2.74 bits per heavy atom. The van der Waals surface area contributed by atoms with Gasteiger partial charge in [0.05, 0.1) is 0 Å². The topological polar surface area (TPSA) is 12.0 Å². The largest absolute Gasteiger partial charge is 0.314 e. The van der Waals surface area contributed by atoms with Crippen LogP contribution in [0.3, 0.4) is 0 Å². The lowest BCUT2D eigenvalue weighted by molar-refractivity contribution is 0.338. The lowest BCUT2D eigenvalue weighted by atomic mass is 9.89. The molecular formula is C18H33N. The summed E-state index contributed by atoms with van der Waals surface area (Å²) in [5, 5.41) is 3.83. The minimum atomic E-state index is 0.799. The highest BCUT2D eigenvalue weighted by Gasteiger charge is 2.20. The second-order valence-corrected chi connectivity index (χ2v) is 7.02. The SMILES string of the molecule is CC(C)C1CCCC(NCCC2=CCCCC2)CC1. The third-order valence-corrected chi connectivity index (χ3v) is 5.22. The maximum absolute atomic E-state index is 3.83. The third kappa shape index (κ3) is 5.30. The predicted molar refractivity (Wildman–Crippen MR) is 84.4 cm³/mol. The highest BCUT2D eigenvalue weighted by Crippen LogP contribution is 2.29. The summed E-state index contributed by atoms with van der Waals surface area (Å²) in [6, 6.07) is 0.799. The average Bonchev–Trinajstić information content (AvgIpc) is 2.66. The van der Waals surface area contributed by atoms with Gasteiger partial charge in [0.15, 0.2) is 0 Å². The van der Waals surface area contributed by atoms with E-state index < -0.39 is 0 Å². The van der Waals surface area contributed by atoms with E-state index in [4.69, 9.17) is 0 Å². The van der Waals surface area contributed by atoms with E-state index in [2.05, 4.69) is 25.2 Å². The van der Waals surface area contributed by atoms with Crippen LogP contribution in [0.1, 0.15) is 78.1 Å². The first kappa shape index (κ1) is 15.1. The van der Waals surface area contributed by atoms with Crippen molar-refractivity contribution in [3.05, 3.63) is 11.6 Å². The second kappa shape index (κ2) is 8.09. The first-order chi connectivity index (χ1) is 9.25. The van der Waals surface area contributed by atoms with Crippen LogP contribution < -0.4 is 5.32 Å². The molecule has 0 aromatic heterocycles. The van der Waals surface area contributed by atoms with Crippen LogP contribution >= 0.6 is 0 Å². The van der Waals surface area contributed by atoms with Crippen molar-refractivity contribution in [2.45, 2.75) is 84.1 Å². The molecule has 1 N–H and O–H groups in total. The Kier molecular flexibility index (Phi) is 6.43. The van der Waals surface area contributed by atoms with E-state index in [0.717, 1.165) is 17.9 Å². The molecule has 0 heterocycles. The van der Waals surface area contributed by atoms with Gasteiger partial charge in [-0.1, -0.05) is 38.3 Å². The van der Waals surface area contributed by atoms with Crippen LogP contribution in [0.15, 0.2) is 11.6 Å². The Morgan fingerprint density at radius 1 is 1.11 bits per heavy atom. The first-order valence-electron chi connectivity index (χ1n) is 8.67. The number of hydrogen-bond acceptors (Lipinski definition) is 1. The van der Waals surface area contributed by atoms with Gasteiger partial charge in [0.1, 0.15) is 0 Å². The Balaban J connectivity index is 1.64. The molecular weight excluding hydrogens is 230 g/mol. The highest BCUT2D eigenvalue weighted by molar-refractivity contribution is 5.05. The van der Waals surface area contributed by atoms with Crippen LogP contribution in [0.5, 0.6) is 0 Å². The summed E-state index contributed by atoms with van der Waals surface area (Å²) < 4.78 is 0. The molecule has 0 radical (unpaired) electrons. The molecule has 0 aromatic carbocycles. The summed E-state index contributed by atoms with van der Waals surface area (Å²) >= 11 is 0. The van der Waals surface area contributed by atoms with Gasteiger partial charge >= 0.3 is 0 Å². The number of nitrogens with one attached hydrogen (secondary N) is 1. The van der Waals surface area contributed by atoms with E-state index in [1.54, 1.807) is 5.57 Å². The molecule has 0 aromatic rings. The maximum Gasteiger partial charge on any atom is 0.00672 e. The van der Waals surface area contributed by atoms with Gasteiger partial charge in [0.25, 0.3) is 0 Å². The molecule has 0 saturated heterocycles. The van der Waals surface area contributed by atoms with E-state index in [0.29, 0.717) is 0 Å². The van der Waals surface area contributed by atoms with Crippen LogP contribution in [0.4, 0.5) is 0 Å². The zero-order chi connectivity index (χ0) is 13.5. The van der Waals surface area contributed by atoms with Crippen LogP contribution in [-0.2, 0) is 0 Å². The second-order valence-electron chi connectivity index (χ2n) is 7.02. The summed E-state index contributed by atoms with van der Waals surface area (Å²) in [5.74, 6) is 1.86. The number of hydrogen-bond donors (Lipinski definition) is 1. The molecule has 1 fully saturated rings. The van der Waals surface area contributed by atoms with Crippen molar-refractivity contribution < 1.29 is 0 Å². The molecule has 1 saturated carbocycles. The molecule has 110 valence electrons. The minimum Gasteiger partial charge on any atom is -0.314 e. The Labute approximate surface area is 120 Å². The molecule has 0 aliphatic heterocycles. The van der Waals surface area contributed by atoms with Crippen molar-refractivity contribution in [1.29, 1.82) is 0 Å². The lowest BCUT2D eigenvalue weighted by Crippen LogP contribution is -2.29. The van der Waals surface area contributed by atoms with Crippen molar-refractivity contribution in [3.8, 4) is 0 Å². The first-order valence-corrected chi connectivity index (χ1v) is 8.67. The molecule has 0 amide bonds. The van der Waals surface area contributed by atoms with E-state index in [1.807, 2.05) is 0 Å². The predicted octanol–water partition coefficient (Wildman–Crippen LogP) is 5.07. The van der Waals surface area contributed by atoms with Gasteiger partial charge in [-0.05, 0) is 69.7 Å². The molecule has 2 aliphatic carbocycles. The van der Waals surface area contributed by atoms with Gasteiger partial charge in [-0.2, -0.15) is 0 Å². The normalized spacial score (nSPS) is 29.1. The van der Waals surface area contributed by atoms with Crippen molar-refractivity contribution in [2.24, 2.45) is 11.8 Å². The monoisotopic (exact) mass is 263 g/mol. The highest BCUT2D eigenvalue weighted by atomic mass is 14.9. The van der Waals surface area contributed by atoms with E-state index in [-0.39, 0.29) is 0 Å². The summed E-state index contributed by atoms with van der Waals surface area (Å²) in [4.78, 5) is 0. The number of rotatable bonds is 5. The summed E-state index contributed by atoms with van der Waals surface area (Å²) in [7, 11) is 0. The van der Waals surface area contributed by atoms with Crippen molar-refractivity contribution in [3.63, 3.8) is 0 Å². The molecule has 2 rings (SSSR count). The Morgan fingerprint density at radius 2 is 2.00 bits per heavy atom. The summed E-state index contributed by atoms with van der Waals surface area (Å²) in [6.45, 7) is 6.00. The van der Waals surface area contributed by atoms with Crippen LogP contribution in [0, 0.1) is 11.8 Å². The third-order valence-electron chi connectivity index (χ3n) is 5.22. The minimum absolute atomic E-state index is 0.799. The Hall–Kier alpha value is -0.300. The fraction of sp³-hybridized carbons (Fsp3) is 0.889. The maximum atomic E-state index is 3.83. The fourth-order valence-electron chi connectivity index (χ4n) is 3.77. The summed E-state index contributed by atoms with van der Waals surface area (Å²) in [5.41, 5.74) is 1.72. The molecule has 2 atom stereocenters. The van der Waals surface area contributed by atoms with E-state index >= 15 is 0 Å². The van der Waals surface area contributed by atoms with Gasteiger partial charge < -0.3 is 5.32 Å². The average molecular weight is 263 g/mol. The molecule has 0 spiro atoms. The molecule has 1 heteroatoms. The zero-order valence-electron chi connectivity index (χ0n) is 13.1. The van der Waals surface area contributed by atoms with Gasteiger partial charge in [-0.15, -0.1) is 0 Å². The molecule has 2 unspecified atom stereocenters. The van der Waals surface area contributed by atoms with Crippen molar-refractivity contribution in [2.75, 3.05) is 6.54 Å². The van der Waals surface area contributed by atoms with Crippen molar-refractivity contribution in [1.82, 2.24) is 5.32 Å². The van der Waals surface area contributed by atoms with Crippen LogP contribution in [0.2, 0.25) is 0 Å². The van der Waals surface area contributed by atoms with Crippen molar-refractivity contribution >= 4 is 0 Å². The lowest BCUT2D eigenvalue weighted by Gasteiger charge is -2.20. The summed E-state index contributed by atoms with van der Waals surface area (Å²) in [6.07, 6.45) is 16.5. The molecule has 1 nitrogen and oxygen atoms in total. The Bertz CT molecular complexity index is 279. The van der Waals surface area contributed by atoms with E-state index in [1.165, 1.54) is 70.8 Å². The quantitative estimate of drug-likeness (QED) is 0.539. The van der Waals surface area contributed by atoms with E-state index in [9.17, 15) is 0 Å². The molecule has 19 heavy (non-hydrogen) atoms. The molecule has 2 aliphatic rings. The zero-order valence-corrected chi connectivity index (χ0v) is 13.1.